The van der Waals surface area contributed by atoms with Gasteiger partial charge in [-0.05, 0) is 18.6 Å². The Hall–Kier alpha value is -1.65. The van der Waals surface area contributed by atoms with Crippen LogP contribution in [0.2, 0.25) is 0 Å². The lowest BCUT2D eigenvalue weighted by Crippen LogP contribution is -2.30. The highest BCUT2D eigenvalue weighted by molar-refractivity contribution is 6.13. The number of hydrogen-bond donors (Lipinski definition) is 0. The molecule has 1 rings (SSSR count). The van der Waals surface area contributed by atoms with Crippen LogP contribution >= 0.6 is 0 Å². The van der Waals surface area contributed by atoms with Crippen molar-refractivity contribution in [3.8, 4) is 0 Å². The Labute approximate surface area is 103 Å². The van der Waals surface area contributed by atoms with Gasteiger partial charge in [-0.2, -0.15) is 0 Å². The molecule has 0 aromatic heterocycles. The van der Waals surface area contributed by atoms with Gasteiger partial charge in [0.15, 0.2) is 5.78 Å². The molecule has 0 aliphatic heterocycles. The van der Waals surface area contributed by atoms with Gasteiger partial charge in [-0.25, -0.2) is 13.2 Å². The Morgan fingerprint density at radius 3 is 2.11 bits per heavy atom. The minimum absolute atomic E-state index is 0.393. The minimum atomic E-state index is -2.37. The summed E-state index contributed by atoms with van der Waals surface area (Å²) < 4.78 is 39.4. The molecule has 5 heteroatoms. The van der Waals surface area contributed by atoms with Gasteiger partial charge in [0, 0.05) is 17.5 Å². The summed E-state index contributed by atoms with van der Waals surface area (Å²) in [6.07, 6.45) is -1.98. The van der Waals surface area contributed by atoms with E-state index in [1.807, 2.05) is 0 Å². The maximum absolute atomic E-state index is 13.6. The topological polar surface area (TPSA) is 34.1 Å². The van der Waals surface area contributed by atoms with E-state index in [1.165, 1.54) is 6.92 Å². The number of carbonyl (C=O) groups excluding carboxylic acids is 2. The molecule has 2 atom stereocenters. The number of ketones is 2. The third-order valence-corrected chi connectivity index (χ3v) is 2.73. The number of halogens is 3. The zero-order valence-electron chi connectivity index (χ0n) is 10.0. The molecule has 2 unspecified atom stereocenters. The van der Waals surface area contributed by atoms with E-state index in [9.17, 15) is 22.8 Å². The summed E-state index contributed by atoms with van der Waals surface area (Å²) in [6, 6.07) is 1.99. The molecule has 0 N–H and O–H groups in total. The van der Waals surface area contributed by atoms with Crippen LogP contribution in [0, 0.1) is 17.6 Å². The van der Waals surface area contributed by atoms with Crippen LogP contribution in [-0.4, -0.2) is 17.7 Å². The van der Waals surface area contributed by atoms with Gasteiger partial charge < -0.3 is 0 Å². The van der Waals surface area contributed by atoms with Crippen LogP contribution in [0.15, 0.2) is 18.2 Å². The molecule has 0 saturated heterocycles. The monoisotopic (exact) mass is 258 g/mol. The molecule has 0 radical (unpaired) electrons. The minimum Gasteiger partial charge on any atom is -0.296 e. The maximum Gasteiger partial charge on any atom is 0.221 e. The molecule has 1 aromatic carbocycles. The van der Waals surface area contributed by atoms with Gasteiger partial charge in [0.05, 0.1) is 0 Å². The van der Waals surface area contributed by atoms with E-state index in [0.717, 1.165) is 0 Å². The van der Waals surface area contributed by atoms with Crippen molar-refractivity contribution in [1.29, 1.82) is 0 Å². The summed E-state index contributed by atoms with van der Waals surface area (Å²) in [4.78, 5) is 23.1. The van der Waals surface area contributed by atoms with Gasteiger partial charge >= 0.3 is 0 Å². The summed E-state index contributed by atoms with van der Waals surface area (Å²) in [7, 11) is 0. The van der Waals surface area contributed by atoms with E-state index < -0.39 is 40.9 Å². The fraction of sp³-hybridized carbons (Fsp3) is 0.385. The molecule has 0 aliphatic rings. The van der Waals surface area contributed by atoms with Crippen molar-refractivity contribution in [3.05, 3.63) is 35.4 Å². The molecule has 1 aromatic rings. The highest BCUT2D eigenvalue weighted by atomic mass is 19.1. The smallest absolute Gasteiger partial charge is 0.221 e. The van der Waals surface area contributed by atoms with Crippen LogP contribution in [0.4, 0.5) is 13.2 Å². The van der Waals surface area contributed by atoms with E-state index >= 15 is 0 Å². The van der Waals surface area contributed by atoms with Crippen LogP contribution in [0.25, 0.3) is 0 Å². The predicted octanol–water partition coefficient (Wildman–Crippen LogP) is 3.10. The first-order chi connectivity index (χ1) is 8.36. The SMILES string of the molecule is CCC(C)C(=O)C(F)C(=O)c1cc(F)cc(F)c1. The van der Waals surface area contributed by atoms with E-state index in [1.54, 1.807) is 6.92 Å². The molecule has 0 fully saturated rings. The third-order valence-electron chi connectivity index (χ3n) is 2.73. The molecule has 0 saturated carbocycles. The molecular weight excluding hydrogens is 245 g/mol. The molecular formula is C13H13F3O2. The largest absolute Gasteiger partial charge is 0.296 e. The lowest BCUT2D eigenvalue weighted by molar-refractivity contribution is -0.125. The third kappa shape index (κ3) is 3.18. The van der Waals surface area contributed by atoms with Gasteiger partial charge in [0.25, 0.3) is 0 Å². The highest BCUT2D eigenvalue weighted by Crippen LogP contribution is 2.15. The van der Waals surface area contributed by atoms with Crippen LogP contribution < -0.4 is 0 Å². The van der Waals surface area contributed by atoms with Gasteiger partial charge in [-0.1, -0.05) is 13.8 Å². The van der Waals surface area contributed by atoms with Gasteiger partial charge in [-0.15, -0.1) is 0 Å². The van der Waals surface area contributed by atoms with Crippen molar-refractivity contribution >= 4 is 11.6 Å². The number of Topliss-reactive ketones (excluding diaryl/α,β-unsaturated/α-hetero) is 2. The second-order valence-corrected chi connectivity index (χ2v) is 4.10. The number of rotatable bonds is 5. The van der Waals surface area contributed by atoms with Crippen molar-refractivity contribution in [2.75, 3.05) is 0 Å². The number of benzene rings is 1. The van der Waals surface area contributed by atoms with E-state index in [-0.39, 0.29) is 0 Å². The molecule has 2 nitrogen and oxygen atoms in total. The van der Waals surface area contributed by atoms with Gasteiger partial charge in [0.1, 0.15) is 11.6 Å². The lowest BCUT2D eigenvalue weighted by Gasteiger charge is -2.11. The molecule has 0 bridgehead atoms. The zero-order chi connectivity index (χ0) is 13.9. The summed E-state index contributed by atoms with van der Waals surface area (Å²) in [6.45, 7) is 3.18. The second kappa shape index (κ2) is 5.80. The van der Waals surface area contributed by atoms with Crippen LogP contribution in [0.3, 0.4) is 0 Å². The van der Waals surface area contributed by atoms with Crippen LogP contribution in [0.1, 0.15) is 30.6 Å². The zero-order valence-corrected chi connectivity index (χ0v) is 10.0. The lowest BCUT2D eigenvalue weighted by atomic mass is 9.95. The number of alkyl halides is 1. The molecule has 0 amide bonds. The quantitative estimate of drug-likeness (QED) is 0.600. The van der Waals surface area contributed by atoms with Crippen LogP contribution in [0.5, 0.6) is 0 Å². The fourth-order valence-corrected chi connectivity index (χ4v) is 1.42. The normalized spacial score (nSPS) is 14.1. The molecule has 0 spiro atoms. The first-order valence-electron chi connectivity index (χ1n) is 5.55. The Morgan fingerprint density at radius 1 is 1.17 bits per heavy atom. The number of hydrogen-bond acceptors (Lipinski definition) is 2. The second-order valence-electron chi connectivity index (χ2n) is 4.10. The molecule has 0 heterocycles. The highest BCUT2D eigenvalue weighted by Gasteiger charge is 2.30. The standard InChI is InChI=1S/C13H13F3O2/c1-3-7(2)12(17)11(16)13(18)8-4-9(14)6-10(15)5-8/h4-7,11H,3H2,1-2H3. The fourth-order valence-electron chi connectivity index (χ4n) is 1.42. The maximum atomic E-state index is 13.6. The van der Waals surface area contributed by atoms with E-state index in [2.05, 4.69) is 0 Å². The predicted molar refractivity (Wildman–Crippen MR) is 60.0 cm³/mol. The van der Waals surface area contributed by atoms with Crippen LogP contribution in [-0.2, 0) is 4.79 Å². The first-order valence-corrected chi connectivity index (χ1v) is 5.55. The molecule has 98 valence electrons. The van der Waals surface area contributed by atoms with E-state index in [0.29, 0.717) is 24.6 Å². The Bertz CT molecular complexity index is 451. The van der Waals surface area contributed by atoms with Crippen molar-refractivity contribution in [2.45, 2.75) is 26.4 Å². The van der Waals surface area contributed by atoms with E-state index in [4.69, 9.17) is 0 Å². The first kappa shape index (κ1) is 14.4. The summed E-state index contributed by atoms with van der Waals surface area (Å²) in [5, 5.41) is 0. The van der Waals surface area contributed by atoms with Crippen molar-refractivity contribution in [1.82, 2.24) is 0 Å². The van der Waals surface area contributed by atoms with Crippen molar-refractivity contribution in [3.63, 3.8) is 0 Å². The Morgan fingerprint density at radius 2 is 1.67 bits per heavy atom. The summed E-state index contributed by atoms with van der Waals surface area (Å²) in [5.41, 5.74) is -0.475. The summed E-state index contributed by atoms with van der Waals surface area (Å²) >= 11 is 0. The average molecular weight is 258 g/mol. The van der Waals surface area contributed by atoms with Gasteiger partial charge in [-0.3, -0.25) is 9.59 Å². The molecule has 0 aliphatic carbocycles. The van der Waals surface area contributed by atoms with Gasteiger partial charge in [0.2, 0.25) is 12.0 Å². The number of carbonyl (C=O) groups is 2. The van der Waals surface area contributed by atoms with Crippen molar-refractivity contribution < 1.29 is 22.8 Å². The molecule has 18 heavy (non-hydrogen) atoms. The Balaban J connectivity index is 2.96. The average Bonchev–Trinajstić information content (AvgIpc) is 2.33. The summed E-state index contributed by atoms with van der Waals surface area (Å²) in [5.74, 6) is -4.66. The Kier molecular flexibility index (Phi) is 4.64. The van der Waals surface area contributed by atoms with Crippen molar-refractivity contribution in [2.24, 2.45) is 5.92 Å².